The van der Waals surface area contributed by atoms with E-state index in [1.165, 1.54) is 0 Å². The van der Waals surface area contributed by atoms with Crippen molar-refractivity contribution in [3.63, 3.8) is 0 Å². The fraction of sp³-hybridized carbons (Fsp3) is 0.286. The summed E-state index contributed by atoms with van der Waals surface area (Å²) in [6.45, 7) is 1.90. The van der Waals surface area contributed by atoms with Gasteiger partial charge in [-0.15, -0.1) is 0 Å². The highest BCUT2D eigenvalue weighted by Crippen LogP contribution is 2.09. The summed E-state index contributed by atoms with van der Waals surface area (Å²) in [7, 11) is 0. The van der Waals surface area contributed by atoms with E-state index in [4.69, 9.17) is 4.74 Å². The Hall–Kier alpha value is -2.99. The van der Waals surface area contributed by atoms with Gasteiger partial charge in [0.2, 0.25) is 11.7 Å². The van der Waals surface area contributed by atoms with Crippen LogP contribution >= 0.6 is 0 Å². The first-order valence-corrected chi connectivity index (χ1v) is 8.96. The molecule has 2 aromatic carbocycles. The monoisotopic (exact) mass is 366 g/mol. The van der Waals surface area contributed by atoms with Crippen LogP contribution < -0.4 is 5.32 Å². The zero-order chi connectivity index (χ0) is 19.1. The minimum Gasteiger partial charge on any atom is -0.378 e. The quantitative estimate of drug-likeness (QED) is 0.620. The van der Waals surface area contributed by atoms with Gasteiger partial charge < -0.3 is 15.0 Å². The number of morpholine rings is 1. The van der Waals surface area contributed by atoms with Crippen molar-refractivity contribution in [1.82, 2.24) is 10.2 Å². The van der Waals surface area contributed by atoms with Gasteiger partial charge in [0.1, 0.15) is 6.04 Å². The lowest BCUT2D eigenvalue weighted by Crippen LogP contribution is -2.53. The molecule has 0 bridgehead atoms. The van der Waals surface area contributed by atoms with Crippen molar-refractivity contribution in [1.29, 1.82) is 0 Å². The molecule has 6 nitrogen and oxygen atoms in total. The van der Waals surface area contributed by atoms with Gasteiger partial charge in [0.05, 0.1) is 13.2 Å². The molecule has 1 N–H and O–H groups in total. The number of nitrogens with zero attached hydrogens (tertiary/aromatic N) is 1. The van der Waals surface area contributed by atoms with Crippen LogP contribution in [0.2, 0.25) is 0 Å². The number of ether oxygens (including phenoxy) is 1. The van der Waals surface area contributed by atoms with Crippen molar-refractivity contribution in [3.05, 3.63) is 71.8 Å². The van der Waals surface area contributed by atoms with Crippen LogP contribution in [-0.4, -0.2) is 54.8 Å². The molecule has 1 aliphatic heterocycles. The number of rotatable bonds is 6. The molecule has 2 aromatic rings. The van der Waals surface area contributed by atoms with Crippen LogP contribution in [0.25, 0.3) is 0 Å². The van der Waals surface area contributed by atoms with Gasteiger partial charge in [0, 0.05) is 25.1 Å². The molecule has 0 spiro atoms. The largest absolute Gasteiger partial charge is 0.378 e. The highest BCUT2D eigenvalue weighted by Gasteiger charge is 2.29. The zero-order valence-corrected chi connectivity index (χ0v) is 15.0. The Morgan fingerprint density at radius 2 is 1.52 bits per heavy atom. The molecule has 1 saturated heterocycles. The molecule has 1 unspecified atom stereocenters. The van der Waals surface area contributed by atoms with Crippen LogP contribution in [0.1, 0.15) is 15.9 Å². The van der Waals surface area contributed by atoms with Crippen LogP contribution in [-0.2, 0) is 20.7 Å². The van der Waals surface area contributed by atoms with E-state index in [0.717, 1.165) is 5.56 Å². The molecule has 3 rings (SSSR count). The van der Waals surface area contributed by atoms with Crippen molar-refractivity contribution in [3.8, 4) is 0 Å². The Bertz CT molecular complexity index is 786. The first-order valence-electron chi connectivity index (χ1n) is 8.96. The Balaban J connectivity index is 1.75. The highest BCUT2D eigenvalue weighted by atomic mass is 16.5. The van der Waals surface area contributed by atoms with Gasteiger partial charge in [-0.2, -0.15) is 0 Å². The average Bonchev–Trinajstić information content (AvgIpc) is 2.74. The minimum atomic E-state index is -0.800. The molecule has 0 aromatic heterocycles. The molecular weight excluding hydrogens is 344 g/mol. The maximum atomic E-state index is 12.9. The lowest BCUT2D eigenvalue weighted by Gasteiger charge is -2.30. The first kappa shape index (κ1) is 18.8. The number of benzene rings is 2. The van der Waals surface area contributed by atoms with Crippen molar-refractivity contribution in [2.45, 2.75) is 12.5 Å². The zero-order valence-electron chi connectivity index (χ0n) is 15.0. The topological polar surface area (TPSA) is 75.7 Å². The third-order valence-corrected chi connectivity index (χ3v) is 4.45. The summed E-state index contributed by atoms with van der Waals surface area (Å²) in [4.78, 5) is 39.5. The van der Waals surface area contributed by atoms with Crippen molar-refractivity contribution in [2.24, 2.45) is 0 Å². The van der Waals surface area contributed by atoms with Gasteiger partial charge in [-0.1, -0.05) is 60.7 Å². The molecule has 1 heterocycles. The summed E-state index contributed by atoms with van der Waals surface area (Å²) in [6.07, 6.45) is 0.324. The first-order chi connectivity index (χ1) is 13.1. The molecule has 1 aliphatic rings. The Morgan fingerprint density at radius 3 is 2.15 bits per heavy atom. The summed E-state index contributed by atoms with van der Waals surface area (Å²) in [6, 6.07) is 17.0. The van der Waals surface area contributed by atoms with Gasteiger partial charge in [0.25, 0.3) is 5.91 Å². The minimum absolute atomic E-state index is 0.198. The Kier molecular flexibility index (Phi) is 6.33. The van der Waals surface area contributed by atoms with E-state index < -0.39 is 17.7 Å². The molecule has 0 saturated carbocycles. The molecule has 27 heavy (non-hydrogen) atoms. The van der Waals surface area contributed by atoms with E-state index in [2.05, 4.69) is 5.32 Å². The molecule has 0 aliphatic carbocycles. The number of carbonyl (C=O) groups is 3. The second kappa shape index (κ2) is 9.09. The summed E-state index contributed by atoms with van der Waals surface area (Å²) in [5.74, 6) is -1.62. The fourth-order valence-corrected chi connectivity index (χ4v) is 3.00. The fourth-order valence-electron chi connectivity index (χ4n) is 3.00. The van der Waals surface area contributed by atoms with Crippen LogP contribution in [0.4, 0.5) is 0 Å². The van der Waals surface area contributed by atoms with E-state index in [1.54, 1.807) is 35.2 Å². The van der Waals surface area contributed by atoms with Crippen molar-refractivity contribution >= 4 is 17.6 Å². The Morgan fingerprint density at radius 1 is 0.926 bits per heavy atom. The van der Waals surface area contributed by atoms with E-state index in [0.29, 0.717) is 38.3 Å². The number of nitrogens with one attached hydrogen (secondary N) is 1. The van der Waals surface area contributed by atoms with Crippen molar-refractivity contribution < 1.29 is 19.1 Å². The molecule has 6 heteroatoms. The van der Waals surface area contributed by atoms with Crippen LogP contribution in [0.3, 0.4) is 0 Å². The summed E-state index contributed by atoms with van der Waals surface area (Å²) >= 11 is 0. The van der Waals surface area contributed by atoms with Gasteiger partial charge in [-0.25, -0.2) is 0 Å². The van der Waals surface area contributed by atoms with E-state index in [-0.39, 0.29) is 5.91 Å². The summed E-state index contributed by atoms with van der Waals surface area (Å²) < 4.78 is 5.29. The number of hydrogen-bond acceptors (Lipinski definition) is 4. The predicted octanol–water partition coefficient (Wildman–Crippen LogP) is 1.46. The van der Waals surface area contributed by atoms with E-state index >= 15 is 0 Å². The van der Waals surface area contributed by atoms with Gasteiger partial charge in [-0.05, 0) is 5.56 Å². The lowest BCUT2D eigenvalue weighted by atomic mass is 10.0. The second-order valence-corrected chi connectivity index (χ2v) is 6.35. The molecule has 0 radical (unpaired) electrons. The van der Waals surface area contributed by atoms with Crippen LogP contribution in [0.15, 0.2) is 60.7 Å². The number of ketones is 1. The third-order valence-electron chi connectivity index (χ3n) is 4.45. The summed E-state index contributed by atoms with van der Waals surface area (Å²) in [5.41, 5.74) is 1.21. The SMILES string of the molecule is O=C(NC(Cc1ccccc1)C(=O)N1CCOCC1)C(=O)c1ccccc1. The van der Waals surface area contributed by atoms with E-state index in [1.807, 2.05) is 30.3 Å². The Labute approximate surface area is 158 Å². The number of amides is 2. The molecule has 2 amide bonds. The standard InChI is InChI=1S/C21H22N2O4/c24-19(17-9-5-2-6-10-17)20(25)22-18(15-16-7-3-1-4-8-16)21(26)23-11-13-27-14-12-23/h1-10,18H,11-15H2,(H,22,25). The maximum absolute atomic E-state index is 12.9. The molecule has 1 atom stereocenters. The second-order valence-electron chi connectivity index (χ2n) is 6.35. The third kappa shape index (κ3) is 5.01. The van der Waals surface area contributed by atoms with Gasteiger partial charge in [0.15, 0.2) is 0 Å². The number of hydrogen-bond donors (Lipinski definition) is 1. The molecule has 140 valence electrons. The maximum Gasteiger partial charge on any atom is 0.293 e. The molecule has 1 fully saturated rings. The van der Waals surface area contributed by atoms with Crippen molar-refractivity contribution in [2.75, 3.05) is 26.3 Å². The van der Waals surface area contributed by atoms with E-state index in [9.17, 15) is 14.4 Å². The van der Waals surface area contributed by atoms with Crippen LogP contribution in [0, 0.1) is 0 Å². The number of carbonyl (C=O) groups excluding carboxylic acids is 3. The smallest absolute Gasteiger partial charge is 0.293 e. The summed E-state index contributed by atoms with van der Waals surface area (Å²) in [5, 5.41) is 2.64. The lowest BCUT2D eigenvalue weighted by molar-refractivity contribution is -0.139. The normalized spacial score (nSPS) is 15.0. The predicted molar refractivity (Wildman–Crippen MR) is 100 cm³/mol. The highest BCUT2D eigenvalue weighted by molar-refractivity contribution is 6.43. The molecular formula is C21H22N2O4. The van der Waals surface area contributed by atoms with Gasteiger partial charge >= 0.3 is 0 Å². The van der Waals surface area contributed by atoms with Crippen LogP contribution in [0.5, 0.6) is 0 Å². The number of Topliss-reactive ketones (excluding diaryl/α,β-unsaturated/α-hetero) is 1. The average molecular weight is 366 g/mol. The van der Waals surface area contributed by atoms with Gasteiger partial charge in [-0.3, -0.25) is 14.4 Å².